The van der Waals surface area contributed by atoms with Crippen LogP contribution in [0.5, 0.6) is 0 Å². The van der Waals surface area contributed by atoms with E-state index in [9.17, 15) is 0 Å². The molecule has 0 saturated heterocycles. The minimum Gasteiger partial charge on any atom is -0.0622 e. The molecule has 0 aromatic heterocycles. The zero-order valence-electron chi connectivity index (χ0n) is 13.9. The third-order valence-electron chi connectivity index (χ3n) is 4.61. The third-order valence-corrected chi connectivity index (χ3v) is 4.61. The van der Waals surface area contributed by atoms with Crippen LogP contribution in [0.25, 0.3) is 28.3 Å². The van der Waals surface area contributed by atoms with Gasteiger partial charge in [-0.15, -0.1) is 0 Å². The fraction of sp³-hybridized carbons (Fsp3) is 0.0833. The second kappa shape index (κ2) is 6.33. The first-order valence-corrected chi connectivity index (χ1v) is 8.52. The van der Waals surface area contributed by atoms with Crippen molar-refractivity contribution in [2.45, 2.75) is 13.3 Å². The van der Waals surface area contributed by atoms with E-state index < -0.39 is 0 Å². The van der Waals surface area contributed by atoms with E-state index in [2.05, 4.69) is 97.9 Å². The summed E-state index contributed by atoms with van der Waals surface area (Å²) in [4.78, 5) is 0. The van der Waals surface area contributed by atoms with Crippen molar-refractivity contribution in [2.24, 2.45) is 0 Å². The fourth-order valence-electron chi connectivity index (χ4n) is 3.39. The summed E-state index contributed by atoms with van der Waals surface area (Å²) >= 11 is 0. The first kappa shape index (κ1) is 14.7. The molecule has 4 rings (SSSR count). The minimum atomic E-state index is 1.07. The van der Waals surface area contributed by atoms with E-state index in [1.807, 2.05) is 0 Å². The van der Waals surface area contributed by atoms with Crippen molar-refractivity contribution in [1.29, 1.82) is 0 Å². The first-order chi connectivity index (χ1) is 11.8. The van der Waals surface area contributed by atoms with Crippen LogP contribution < -0.4 is 0 Å². The van der Waals surface area contributed by atoms with Gasteiger partial charge in [0.25, 0.3) is 0 Å². The van der Waals surface area contributed by atoms with Gasteiger partial charge in [0.15, 0.2) is 0 Å². The predicted molar refractivity (Wildman–Crippen MR) is 104 cm³/mol. The molecule has 0 spiro atoms. The van der Waals surface area contributed by atoms with Gasteiger partial charge in [-0.25, -0.2) is 0 Å². The number of hydrogen-bond acceptors (Lipinski definition) is 0. The van der Waals surface area contributed by atoms with Crippen molar-refractivity contribution >= 4 is 17.2 Å². The summed E-state index contributed by atoms with van der Waals surface area (Å²) in [5, 5.41) is 0. The first-order valence-electron chi connectivity index (χ1n) is 8.52. The standard InChI is InChI=1S/C24H20/c1-2-19-17-22(24-14-7-6-13-23(19)24)16-18-9-8-12-21(15-18)20-10-4-3-5-11-20/h3-17H,2H2,1H3. The zero-order chi connectivity index (χ0) is 16.4. The van der Waals surface area contributed by atoms with Gasteiger partial charge in [-0.3, -0.25) is 0 Å². The molecule has 0 unspecified atom stereocenters. The molecule has 0 bridgehead atoms. The van der Waals surface area contributed by atoms with Crippen molar-refractivity contribution in [3.63, 3.8) is 0 Å². The summed E-state index contributed by atoms with van der Waals surface area (Å²) in [7, 11) is 0. The highest BCUT2D eigenvalue weighted by Crippen LogP contribution is 2.37. The van der Waals surface area contributed by atoms with Gasteiger partial charge in [0.2, 0.25) is 0 Å². The van der Waals surface area contributed by atoms with Crippen LogP contribution in [0.2, 0.25) is 0 Å². The molecule has 0 aliphatic heterocycles. The van der Waals surface area contributed by atoms with Crippen molar-refractivity contribution < 1.29 is 0 Å². The van der Waals surface area contributed by atoms with Gasteiger partial charge in [0, 0.05) is 0 Å². The highest BCUT2D eigenvalue weighted by atomic mass is 14.2. The van der Waals surface area contributed by atoms with Crippen LogP contribution in [0, 0.1) is 0 Å². The van der Waals surface area contributed by atoms with Crippen LogP contribution in [-0.4, -0.2) is 0 Å². The second-order valence-electron chi connectivity index (χ2n) is 6.16. The van der Waals surface area contributed by atoms with Crippen molar-refractivity contribution in [3.8, 4) is 11.1 Å². The molecular formula is C24H20. The molecule has 0 radical (unpaired) electrons. The Morgan fingerprint density at radius 3 is 2.21 bits per heavy atom. The molecule has 0 N–H and O–H groups in total. The van der Waals surface area contributed by atoms with Crippen molar-refractivity contribution in [3.05, 3.63) is 102 Å². The van der Waals surface area contributed by atoms with Gasteiger partial charge in [-0.05, 0) is 57.5 Å². The Labute approximate surface area is 143 Å². The van der Waals surface area contributed by atoms with E-state index in [4.69, 9.17) is 0 Å². The topological polar surface area (TPSA) is 0 Å². The fourth-order valence-corrected chi connectivity index (χ4v) is 3.39. The lowest BCUT2D eigenvalue weighted by atomic mass is 9.99. The van der Waals surface area contributed by atoms with Gasteiger partial charge in [0.1, 0.15) is 0 Å². The van der Waals surface area contributed by atoms with Crippen molar-refractivity contribution in [2.75, 3.05) is 0 Å². The van der Waals surface area contributed by atoms with Crippen LogP contribution in [0.1, 0.15) is 30.0 Å². The van der Waals surface area contributed by atoms with E-state index in [1.54, 1.807) is 0 Å². The Balaban J connectivity index is 1.76. The Morgan fingerprint density at radius 1 is 0.708 bits per heavy atom. The number of fused-ring (bicyclic) bond motifs is 1. The summed E-state index contributed by atoms with van der Waals surface area (Å²) in [5.74, 6) is 0. The van der Waals surface area contributed by atoms with Gasteiger partial charge in [0.05, 0.1) is 0 Å². The minimum absolute atomic E-state index is 1.07. The Hall–Kier alpha value is -2.86. The van der Waals surface area contributed by atoms with Crippen molar-refractivity contribution in [1.82, 2.24) is 0 Å². The maximum atomic E-state index is 2.33. The second-order valence-corrected chi connectivity index (χ2v) is 6.16. The molecule has 116 valence electrons. The largest absolute Gasteiger partial charge is 0.0622 e. The lowest BCUT2D eigenvalue weighted by Gasteiger charge is -2.05. The smallest absolute Gasteiger partial charge is 0.0108 e. The lowest BCUT2D eigenvalue weighted by Crippen LogP contribution is -1.83. The molecule has 0 amide bonds. The zero-order valence-corrected chi connectivity index (χ0v) is 13.9. The molecule has 0 saturated carbocycles. The average Bonchev–Trinajstić information content (AvgIpc) is 3.01. The highest BCUT2D eigenvalue weighted by Gasteiger charge is 2.16. The molecule has 0 heterocycles. The van der Waals surface area contributed by atoms with E-state index in [0.29, 0.717) is 0 Å². The van der Waals surface area contributed by atoms with Gasteiger partial charge in [-0.1, -0.05) is 85.8 Å². The van der Waals surface area contributed by atoms with E-state index in [0.717, 1.165) is 6.42 Å². The highest BCUT2D eigenvalue weighted by molar-refractivity contribution is 6.01. The third kappa shape index (κ3) is 2.72. The molecule has 3 aromatic carbocycles. The monoisotopic (exact) mass is 308 g/mol. The normalized spacial score (nSPS) is 14.5. The SMILES string of the molecule is CCC1=CC(=Cc2cccc(-c3ccccc3)c2)c2ccccc21. The number of rotatable bonds is 3. The maximum absolute atomic E-state index is 2.33. The molecule has 0 nitrogen and oxygen atoms in total. The molecular weight excluding hydrogens is 288 g/mol. The number of benzene rings is 3. The molecule has 3 aromatic rings. The predicted octanol–water partition coefficient (Wildman–Crippen LogP) is 6.70. The van der Waals surface area contributed by atoms with Crippen LogP contribution in [0.4, 0.5) is 0 Å². The summed E-state index contributed by atoms with van der Waals surface area (Å²) < 4.78 is 0. The lowest BCUT2D eigenvalue weighted by molar-refractivity contribution is 1.25. The van der Waals surface area contributed by atoms with Crippen LogP contribution in [0.3, 0.4) is 0 Å². The van der Waals surface area contributed by atoms with Crippen LogP contribution in [-0.2, 0) is 0 Å². The Morgan fingerprint density at radius 2 is 1.42 bits per heavy atom. The Bertz CT molecular complexity index is 927. The molecule has 0 heteroatoms. The van der Waals surface area contributed by atoms with E-state index in [1.165, 1.54) is 39.0 Å². The van der Waals surface area contributed by atoms with Gasteiger partial charge < -0.3 is 0 Å². The maximum Gasteiger partial charge on any atom is -0.0108 e. The molecule has 1 aliphatic rings. The summed E-state index contributed by atoms with van der Waals surface area (Å²) in [6, 6.07) is 28.0. The quantitative estimate of drug-likeness (QED) is 0.505. The number of hydrogen-bond donors (Lipinski definition) is 0. The summed E-state index contributed by atoms with van der Waals surface area (Å²) in [6.07, 6.45) is 5.70. The van der Waals surface area contributed by atoms with E-state index >= 15 is 0 Å². The summed E-state index contributed by atoms with van der Waals surface area (Å²) in [5.41, 5.74) is 9.23. The van der Waals surface area contributed by atoms with Crippen LogP contribution >= 0.6 is 0 Å². The molecule has 24 heavy (non-hydrogen) atoms. The Kier molecular flexibility index (Phi) is 3.88. The van der Waals surface area contributed by atoms with Crippen LogP contribution in [0.15, 0.2) is 84.9 Å². The molecule has 0 atom stereocenters. The average molecular weight is 308 g/mol. The molecule has 1 aliphatic carbocycles. The summed E-state index contributed by atoms with van der Waals surface area (Å²) in [6.45, 7) is 2.22. The van der Waals surface area contributed by atoms with E-state index in [-0.39, 0.29) is 0 Å². The number of allylic oxidation sites excluding steroid dienone is 3. The van der Waals surface area contributed by atoms with Gasteiger partial charge >= 0.3 is 0 Å². The van der Waals surface area contributed by atoms with Gasteiger partial charge in [-0.2, -0.15) is 0 Å². The molecule has 0 fully saturated rings.